The zero-order chi connectivity index (χ0) is 17.0. The van der Waals surface area contributed by atoms with Crippen LogP contribution in [0, 0.1) is 0 Å². The van der Waals surface area contributed by atoms with Crippen LogP contribution in [0.5, 0.6) is 0 Å². The van der Waals surface area contributed by atoms with Gasteiger partial charge in [0.2, 0.25) is 0 Å². The molecule has 0 heterocycles. The first-order valence-corrected chi connectivity index (χ1v) is 8.48. The van der Waals surface area contributed by atoms with Gasteiger partial charge < -0.3 is 10.6 Å². The van der Waals surface area contributed by atoms with Crippen LogP contribution in [0.4, 0.5) is 5.69 Å². The van der Waals surface area contributed by atoms with Gasteiger partial charge >= 0.3 is 0 Å². The Labute approximate surface area is 149 Å². The first kappa shape index (κ1) is 17.8. The maximum Gasteiger partial charge on any atom is 0.171 e. The fourth-order valence-corrected chi connectivity index (χ4v) is 2.67. The quantitative estimate of drug-likeness (QED) is 0.698. The van der Waals surface area contributed by atoms with Gasteiger partial charge in [0.25, 0.3) is 0 Å². The molecule has 2 nitrogen and oxygen atoms in total. The Balaban J connectivity index is 1.96. The lowest BCUT2D eigenvalue weighted by molar-refractivity contribution is 0.589. The van der Waals surface area contributed by atoms with Crippen LogP contribution in [0.25, 0.3) is 0 Å². The molecule has 0 saturated heterocycles. The van der Waals surface area contributed by atoms with Gasteiger partial charge in [-0.25, -0.2) is 0 Å². The normalized spacial score (nSPS) is 12.6. The van der Waals surface area contributed by atoms with Crippen LogP contribution in [-0.2, 0) is 5.41 Å². The Bertz CT molecular complexity index is 657. The molecule has 0 amide bonds. The Hall–Kier alpha value is -1.58. The molecule has 2 rings (SSSR count). The van der Waals surface area contributed by atoms with Crippen molar-refractivity contribution < 1.29 is 0 Å². The van der Waals surface area contributed by atoms with Crippen molar-refractivity contribution in [3.63, 3.8) is 0 Å². The van der Waals surface area contributed by atoms with Crippen molar-refractivity contribution in [2.45, 2.75) is 39.2 Å². The van der Waals surface area contributed by atoms with E-state index in [2.05, 4.69) is 62.6 Å². The Kier molecular flexibility index (Phi) is 5.66. The molecule has 0 saturated carbocycles. The lowest BCUT2D eigenvalue weighted by atomic mass is 9.86. The van der Waals surface area contributed by atoms with Crippen LogP contribution in [0.15, 0.2) is 48.5 Å². The summed E-state index contributed by atoms with van der Waals surface area (Å²) in [6.07, 6.45) is 0. The SMILES string of the molecule is C[C@@H](NC(=S)Nc1ccc(Cl)cc1)c1ccc(C(C)(C)C)cc1. The highest BCUT2D eigenvalue weighted by Crippen LogP contribution is 2.24. The van der Waals surface area contributed by atoms with Crippen LogP contribution in [0.1, 0.15) is 44.9 Å². The average Bonchev–Trinajstić information content (AvgIpc) is 2.49. The minimum Gasteiger partial charge on any atom is -0.356 e. The van der Waals surface area contributed by atoms with Gasteiger partial charge in [-0.1, -0.05) is 56.6 Å². The molecule has 122 valence electrons. The van der Waals surface area contributed by atoms with Gasteiger partial charge in [-0.3, -0.25) is 0 Å². The number of hydrogen-bond donors (Lipinski definition) is 2. The summed E-state index contributed by atoms with van der Waals surface area (Å²) in [6.45, 7) is 8.75. The smallest absolute Gasteiger partial charge is 0.171 e. The maximum absolute atomic E-state index is 5.88. The van der Waals surface area contributed by atoms with Gasteiger partial charge in [-0.2, -0.15) is 0 Å². The first-order chi connectivity index (χ1) is 10.8. The van der Waals surface area contributed by atoms with Gasteiger partial charge in [0.15, 0.2) is 5.11 Å². The van der Waals surface area contributed by atoms with Crippen molar-refractivity contribution in [3.05, 3.63) is 64.7 Å². The summed E-state index contributed by atoms with van der Waals surface area (Å²) in [5.41, 5.74) is 3.62. The van der Waals surface area contributed by atoms with Gasteiger partial charge in [-0.15, -0.1) is 0 Å². The summed E-state index contributed by atoms with van der Waals surface area (Å²) < 4.78 is 0. The second kappa shape index (κ2) is 7.33. The predicted octanol–water partition coefficient (Wildman–Crippen LogP) is 5.69. The van der Waals surface area contributed by atoms with Gasteiger partial charge in [-0.05, 0) is 59.9 Å². The number of rotatable bonds is 3. The third kappa shape index (κ3) is 5.22. The molecule has 0 radical (unpaired) electrons. The lowest BCUT2D eigenvalue weighted by Crippen LogP contribution is -2.30. The van der Waals surface area contributed by atoms with E-state index in [0.717, 1.165) is 5.69 Å². The molecule has 0 aliphatic heterocycles. The summed E-state index contributed by atoms with van der Waals surface area (Å²) in [5.74, 6) is 0. The molecule has 0 aliphatic carbocycles. The molecule has 2 aromatic rings. The Morgan fingerprint density at radius 3 is 2.09 bits per heavy atom. The monoisotopic (exact) mass is 346 g/mol. The summed E-state index contributed by atoms with van der Waals surface area (Å²) in [6, 6.07) is 16.3. The fourth-order valence-electron chi connectivity index (χ4n) is 2.25. The zero-order valence-corrected chi connectivity index (χ0v) is 15.6. The standard InChI is InChI=1S/C19H23ClN2S/c1-13(14-5-7-15(8-6-14)19(2,3)4)21-18(23)22-17-11-9-16(20)10-12-17/h5-13H,1-4H3,(H2,21,22,23)/t13-/m1/s1. The maximum atomic E-state index is 5.88. The molecule has 0 bridgehead atoms. The van der Waals surface area contributed by atoms with Crippen LogP contribution in [0.3, 0.4) is 0 Å². The number of anilines is 1. The van der Waals surface area contributed by atoms with E-state index in [1.807, 2.05) is 24.3 Å². The van der Waals surface area contributed by atoms with E-state index in [1.165, 1.54) is 11.1 Å². The molecule has 2 N–H and O–H groups in total. The van der Waals surface area contributed by atoms with E-state index in [0.29, 0.717) is 10.1 Å². The van der Waals surface area contributed by atoms with E-state index < -0.39 is 0 Å². The number of hydrogen-bond acceptors (Lipinski definition) is 1. The fraction of sp³-hybridized carbons (Fsp3) is 0.316. The Morgan fingerprint density at radius 2 is 1.57 bits per heavy atom. The molecular weight excluding hydrogens is 324 g/mol. The van der Waals surface area contributed by atoms with Crippen LogP contribution >= 0.6 is 23.8 Å². The third-order valence-electron chi connectivity index (χ3n) is 3.73. The summed E-state index contributed by atoms with van der Waals surface area (Å²) in [5, 5.41) is 7.78. The highest BCUT2D eigenvalue weighted by Gasteiger charge is 2.14. The molecule has 0 fully saturated rings. The summed E-state index contributed by atoms with van der Waals surface area (Å²) in [7, 11) is 0. The van der Waals surface area contributed by atoms with Crippen molar-refractivity contribution >= 4 is 34.6 Å². The van der Waals surface area contributed by atoms with Crippen molar-refractivity contribution in [3.8, 4) is 0 Å². The molecule has 0 unspecified atom stereocenters. The molecular formula is C19H23ClN2S. The minimum atomic E-state index is 0.135. The molecule has 0 spiro atoms. The van der Waals surface area contributed by atoms with Gasteiger partial charge in [0.1, 0.15) is 0 Å². The van der Waals surface area contributed by atoms with Crippen molar-refractivity contribution in [1.29, 1.82) is 0 Å². The van der Waals surface area contributed by atoms with Crippen LogP contribution in [0.2, 0.25) is 5.02 Å². The number of halogens is 1. The second-order valence-corrected chi connectivity index (χ2v) is 7.54. The van der Waals surface area contributed by atoms with Gasteiger partial charge in [0, 0.05) is 10.7 Å². The Morgan fingerprint density at radius 1 is 1.00 bits per heavy atom. The minimum absolute atomic E-state index is 0.135. The third-order valence-corrected chi connectivity index (χ3v) is 4.20. The van der Waals surface area contributed by atoms with Crippen molar-refractivity contribution in [2.75, 3.05) is 5.32 Å². The average molecular weight is 347 g/mol. The molecule has 1 atom stereocenters. The zero-order valence-electron chi connectivity index (χ0n) is 14.0. The number of benzene rings is 2. The van der Waals surface area contributed by atoms with Crippen molar-refractivity contribution in [1.82, 2.24) is 5.32 Å². The molecule has 4 heteroatoms. The highest BCUT2D eigenvalue weighted by atomic mass is 35.5. The van der Waals surface area contributed by atoms with E-state index >= 15 is 0 Å². The van der Waals surface area contributed by atoms with Gasteiger partial charge in [0.05, 0.1) is 6.04 Å². The number of thiocarbonyl (C=S) groups is 1. The molecule has 0 aliphatic rings. The lowest BCUT2D eigenvalue weighted by Gasteiger charge is -2.21. The van der Waals surface area contributed by atoms with E-state index in [4.69, 9.17) is 23.8 Å². The number of nitrogens with one attached hydrogen (secondary N) is 2. The topological polar surface area (TPSA) is 24.1 Å². The van der Waals surface area contributed by atoms with E-state index in [-0.39, 0.29) is 11.5 Å². The summed E-state index contributed by atoms with van der Waals surface area (Å²) in [4.78, 5) is 0. The molecule has 0 aromatic heterocycles. The second-order valence-electron chi connectivity index (χ2n) is 6.70. The predicted molar refractivity (Wildman–Crippen MR) is 104 cm³/mol. The van der Waals surface area contributed by atoms with E-state index in [1.54, 1.807) is 0 Å². The first-order valence-electron chi connectivity index (χ1n) is 7.69. The largest absolute Gasteiger partial charge is 0.356 e. The van der Waals surface area contributed by atoms with E-state index in [9.17, 15) is 0 Å². The highest BCUT2D eigenvalue weighted by molar-refractivity contribution is 7.80. The van der Waals surface area contributed by atoms with Crippen molar-refractivity contribution in [2.24, 2.45) is 0 Å². The van der Waals surface area contributed by atoms with Crippen LogP contribution in [-0.4, -0.2) is 5.11 Å². The van der Waals surface area contributed by atoms with Crippen LogP contribution < -0.4 is 10.6 Å². The summed E-state index contributed by atoms with van der Waals surface area (Å²) >= 11 is 11.3. The molecule has 23 heavy (non-hydrogen) atoms. The molecule has 2 aromatic carbocycles.